The van der Waals surface area contributed by atoms with Crippen molar-refractivity contribution in [3.8, 4) is 0 Å². The number of esters is 1. The van der Waals surface area contributed by atoms with Crippen LogP contribution in [0.5, 0.6) is 0 Å². The van der Waals surface area contributed by atoms with Crippen LogP contribution in [0, 0.1) is 0 Å². The van der Waals surface area contributed by atoms with Crippen LogP contribution in [0.15, 0.2) is 44.6 Å². The van der Waals surface area contributed by atoms with Crippen LogP contribution in [0.1, 0.15) is 23.1 Å². The Bertz CT molecular complexity index is 703. The van der Waals surface area contributed by atoms with E-state index in [1.165, 1.54) is 6.20 Å². The lowest BCUT2D eigenvalue weighted by atomic mass is 10.3. The third-order valence-corrected chi connectivity index (χ3v) is 4.02. The van der Waals surface area contributed by atoms with Crippen LogP contribution in [0.4, 0.5) is 0 Å². The molecule has 0 spiro atoms. The number of aromatic nitrogens is 2. The second-order valence-electron chi connectivity index (χ2n) is 4.04. The van der Waals surface area contributed by atoms with Gasteiger partial charge in [-0.15, -0.1) is 11.8 Å². The number of carbonyl (C=O) groups is 1. The van der Waals surface area contributed by atoms with E-state index in [0.29, 0.717) is 11.6 Å². The molecule has 0 amide bonds. The number of H-pyrrole nitrogens is 1. The van der Waals surface area contributed by atoms with Crippen LogP contribution in [0.25, 0.3) is 0 Å². The number of halogens is 1. The Morgan fingerprint density at radius 1 is 1.48 bits per heavy atom. The average molecular weight is 369 g/mol. The quantitative estimate of drug-likeness (QED) is 0.648. The lowest BCUT2D eigenvalue weighted by Crippen LogP contribution is -2.21. The number of ether oxygens (including phenoxy) is 1. The Balaban J connectivity index is 2.07. The molecule has 0 saturated carbocycles. The summed E-state index contributed by atoms with van der Waals surface area (Å²) in [5, 5.41) is 0. The molecule has 2 rings (SSSR count). The first kappa shape index (κ1) is 15.8. The van der Waals surface area contributed by atoms with E-state index in [2.05, 4.69) is 25.9 Å². The summed E-state index contributed by atoms with van der Waals surface area (Å²) in [4.78, 5) is 31.1. The van der Waals surface area contributed by atoms with E-state index < -0.39 is 11.5 Å². The van der Waals surface area contributed by atoms with Crippen molar-refractivity contribution in [2.45, 2.75) is 17.6 Å². The van der Waals surface area contributed by atoms with E-state index in [1.807, 2.05) is 24.3 Å². The smallest absolute Gasteiger partial charge is 0.345 e. The van der Waals surface area contributed by atoms with Crippen molar-refractivity contribution in [2.24, 2.45) is 0 Å². The topological polar surface area (TPSA) is 72.0 Å². The molecule has 5 nitrogen and oxygen atoms in total. The van der Waals surface area contributed by atoms with E-state index in [1.54, 1.807) is 18.7 Å². The lowest BCUT2D eigenvalue weighted by Gasteiger charge is -2.04. The Morgan fingerprint density at radius 3 is 2.95 bits per heavy atom. The maximum Gasteiger partial charge on any atom is 0.345 e. The maximum atomic E-state index is 11.8. The third kappa shape index (κ3) is 4.44. The van der Waals surface area contributed by atoms with Gasteiger partial charge in [0.2, 0.25) is 0 Å². The minimum absolute atomic E-state index is 0.0759. The van der Waals surface area contributed by atoms with Gasteiger partial charge in [-0.2, -0.15) is 0 Å². The standard InChI is InChI=1S/C14H13BrN2O3S/c1-2-20-14(19)11-7-16-12(17-13(11)18)8-21-10-5-3-4-9(15)6-10/h3-7H,2,8H2,1H3,(H,16,17,18). The van der Waals surface area contributed by atoms with E-state index in [4.69, 9.17) is 4.74 Å². The zero-order valence-corrected chi connectivity index (χ0v) is 13.7. The lowest BCUT2D eigenvalue weighted by molar-refractivity contribution is 0.0523. The van der Waals surface area contributed by atoms with Crippen LogP contribution in [0.3, 0.4) is 0 Å². The fraction of sp³-hybridized carbons (Fsp3) is 0.214. The van der Waals surface area contributed by atoms with Crippen molar-refractivity contribution in [3.05, 3.63) is 56.7 Å². The molecule has 0 saturated heterocycles. The van der Waals surface area contributed by atoms with Gasteiger partial charge in [-0.1, -0.05) is 22.0 Å². The summed E-state index contributed by atoms with van der Waals surface area (Å²) in [7, 11) is 0. The first-order valence-corrected chi connectivity index (χ1v) is 8.01. The van der Waals surface area contributed by atoms with E-state index in [-0.39, 0.29) is 12.2 Å². The fourth-order valence-electron chi connectivity index (χ4n) is 1.57. The molecule has 0 radical (unpaired) electrons. The first-order valence-electron chi connectivity index (χ1n) is 6.24. The van der Waals surface area contributed by atoms with Gasteiger partial charge in [-0.3, -0.25) is 4.79 Å². The monoisotopic (exact) mass is 368 g/mol. The fourth-order valence-corrected chi connectivity index (χ4v) is 2.95. The third-order valence-electron chi connectivity index (χ3n) is 2.52. The van der Waals surface area contributed by atoms with Gasteiger partial charge in [0, 0.05) is 15.6 Å². The second-order valence-corrected chi connectivity index (χ2v) is 6.00. The summed E-state index contributed by atoms with van der Waals surface area (Å²) in [5.74, 6) is 0.366. The molecule has 0 aliphatic heterocycles. The highest BCUT2D eigenvalue weighted by Gasteiger charge is 2.12. The maximum absolute atomic E-state index is 11.8. The van der Waals surface area contributed by atoms with Crippen LogP contribution in [-0.2, 0) is 10.5 Å². The van der Waals surface area contributed by atoms with Gasteiger partial charge in [-0.25, -0.2) is 9.78 Å². The summed E-state index contributed by atoms with van der Waals surface area (Å²) in [6.07, 6.45) is 1.26. The van der Waals surface area contributed by atoms with Crippen molar-refractivity contribution in [1.82, 2.24) is 9.97 Å². The number of aromatic amines is 1. The Kier molecular flexibility index (Phi) is 5.58. The molecular formula is C14H13BrN2O3S. The Morgan fingerprint density at radius 2 is 2.29 bits per heavy atom. The van der Waals surface area contributed by atoms with Gasteiger partial charge in [-0.05, 0) is 25.1 Å². The minimum Gasteiger partial charge on any atom is -0.462 e. The zero-order valence-electron chi connectivity index (χ0n) is 11.3. The second kappa shape index (κ2) is 7.42. The zero-order chi connectivity index (χ0) is 15.2. The summed E-state index contributed by atoms with van der Waals surface area (Å²) < 4.78 is 5.77. The van der Waals surface area contributed by atoms with Gasteiger partial charge in [0.25, 0.3) is 5.56 Å². The number of rotatable bonds is 5. The molecule has 7 heteroatoms. The molecule has 0 atom stereocenters. The van der Waals surface area contributed by atoms with Gasteiger partial charge in [0.1, 0.15) is 11.4 Å². The SMILES string of the molecule is CCOC(=O)c1cnc(CSc2cccc(Br)c2)[nH]c1=O. The van der Waals surface area contributed by atoms with Crippen molar-refractivity contribution in [1.29, 1.82) is 0 Å². The largest absolute Gasteiger partial charge is 0.462 e. The number of hydrogen-bond donors (Lipinski definition) is 1. The highest BCUT2D eigenvalue weighted by atomic mass is 79.9. The molecule has 110 valence electrons. The number of benzene rings is 1. The van der Waals surface area contributed by atoms with Gasteiger partial charge in [0.15, 0.2) is 0 Å². The number of hydrogen-bond acceptors (Lipinski definition) is 5. The van der Waals surface area contributed by atoms with Crippen LogP contribution in [0.2, 0.25) is 0 Å². The van der Waals surface area contributed by atoms with Crippen LogP contribution < -0.4 is 5.56 Å². The summed E-state index contributed by atoms with van der Waals surface area (Å²) in [5.41, 5.74) is -0.554. The predicted octanol–water partition coefficient (Wildman–Crippen LogP) is 3.00. The molecule has 0 bridgehead atoms. The van der Waals surface area contributed by atoms with Crippen molar-refractivity contribution < 1.29 is 9.53 Å². The number of nitrogens with zero attached hydrogens (tertiary/aromatic N) is 1. The molecular weight excluding hydrogens is 356 g/mol. The number of thioether (sulfide) groups is 1. The molecule has 21 heavy (non-hydrogen) atoms. The summed E-state index contributed by atoms with van der Waals surface area (Å²) in [6.45, 7) is 1.90. The molecule has 1 aromatic carbocycles. The average Bonchev–Trinajstić information content (AvgIpc) is 2.45. The number of carbonyl (C=O) groups excluding carboxylic acids is 1. The van der Waals surface area contributed by atoms with Crippen molar-refractivity contribution in [2.75, 3.05) is 6.61 Å². The van der Waals surface area contributed by atoms with Crippen LogP contribution >= 0.6 is 27.7 Å². The van der Waals surface area contributed by atoms with E-state index in [0.717, 1.165) is 9.37 Å². The summed E-state index contributed by atoms with van der Waals surface area (Å²) >= 11 is 4.94. The normalized spacial score (nSPS) is 10.4. The summed E-state index contributed by atoms with van der Waals surface area (Å²) in [6, 6.07) is 7.83. The van der Waals surface area contributed by atoms with Crippen molar-refractivity contribution >= 4 is 33.7 Å². The molecule has 0 aliphatic carbocycles. The molecule has 0 aliphatic rings. The van der Waals surface area contributed by atoms with Gasteiger partial charge >= 0.3 is 5.97 Å². The van der Waals surface area contributed by atoms with Crippen LogP contribution in [-0.4, -0.2) is 22.5 Å². The first-order chi connectivity index (χ1) is 10.1. The van der Waals surface area contributed by atoms with Crippen molar-refractivity contribution in [3.63, 3.8) is 0 Å². The van der Waals surface area contributed by atoms with E-state index in [9.17, 15) is 9.59 Å². The molecule has 0 fully saturated rings. The highest BCUT2D eigenvalue weighted by molar-refractivity contribution is 9.10. The van der Waals surface area contributed by atoms with E-state index >= 15 is 0 Å². The molecule has 1 N–H and O–H groups in total. The minimum atomic E-state index is -0.655. The predicted molar refractivity (Wildman–Crippen MR) is 84.5 cm³/mol. The van der Waals surface area contributed by atoms with Gasteiger partial charge < -0.3 is 9.72 Å². The number of nitrogens with one attached hydrogen (secondary N) is 1. The van der Waals surface area contributed by atoms with Gasteiger partial charge in [0.05, 0.1) is 12.4 Å². The molecule has 2 aromatic rings. The highest BCUT2D eigenvalue weighted by Crippen LogP contribution is 2.23. The molecule has 0 unspecified atom stereocenters. The molecule has 1 heterocycles. The Hall–Kier alpha value is -1.60. The molecule has 1 aromatic heterocycles. The Labute approximate surface area is 134 Å².